The van der Waals surface area contributed by atoms with Crippen LogP contribution >= 0.6 is 0 Å². The lowest BCUT2D eigenvalue weighted by Gasteiger charge is -2.39. The molecular weight excluding hydrogens is 242 g/mol. The average Bonchev–Trinajstić information content (AvgIpc) is 2.38. The number of nitrogens with two attached hydrogens (primary N) is 1. The highest BCUT2D eigenvalue weighted by atomic mass is 16.3. The molecule has 1 fully saturated rings. The highest BCUT2D eigenvalue weighted by Crippen LogP contribution is 2.33. The molecule has 2 rings (SSSR count). The molecule has 1 unspecified atom stereocenters. The zero-order valence-electron chi connectivity index (χ0n) is 11.4. The van der Waals surface area contributed by atoms with Crippen LogP contribution in [0.3, 0.4) is 0 Å². The number of hydrogen-bond acceptors (Lipinski definition) is 4. The van der Waals surface area contributed by atoms with Crippen LogP contribution in [0.2, 0.25) is 0 Å². The number of para-hydroxylation sites is 1. The molecule has 1 heterocycles. The molecule has 0 saturated carbocycles. The predicted octanol–water partition coefficient (Wildman–Crippen LogP) is 0.846. The zero-order valence-corrected chi connectivity index (χ0v) is 11.4. The van der Waals surface area contributed by atoms with Gasteiger partial charge in [-0.1, -0.05) is 12.1 Å². The Labute approximate surface area is 113 Å². The molecule has 19 heavy (non-hydrogen) atoms. The summed E-state index contributed by atoms with van der Waals surface area (Å²) < 4.78 is 0. The second-order valence-corrected chi connectivity index (χ2v) is 5.16. The van der Waals surface area contributed by atoms with Gasteiger partial charge < -0.3 is 16.2 Å². The van der Waals surface area contributed by atoms with Crippen LogP contribution in [0.5, 0.6) is 5.75 Å². The summed E-state index contributed by atoms with van der Waals surface area (Å²) in [6, 6.07) is 5.62. The Morgan fingerprint density at radius 3 is 2.89 bits per heavy atom. The first-order valence-electron chi connectivity index (χ1n) is 6.60. The summed E-state index contributed by atoms with van der Waals surface area (Å²) in [6.07, 6.45) is 0. The summed E-state index contributed by atoms with van der Waals surface area (Å²) in [6.45, 7) is 6.88. The quantitative estimate of drug-likeness (QED) is 0.755. The fourth-order valence-electron chi connectivity index (χ4n) is 2.66. The molecule has 1 atom stereocenters. The van der Waals surface area contributed by atoms with Crippen molar-refractivity contribution in [2.24, 2.45) is 5.73 Å². The van der Waals surface area contributed by atoms with Gasteiger partial charge in [-0.15, -0.1) is 0 Å². The van der Waals surface area contributed by atoms with Gasteiger partial charge in [0.2, 0.25) is 0 Å². The van der Waals surface area contributed by atoms with E-state index >= 15 is 0 Å². The van der Waals surface area contributed by atoms with Crippen molar-refractivity contribution in [3.05, 3.63) is 29.3 Å². The van der Waals surface area contributed by atoms with E-state index in [1.807, 2.05) is 6.07 Å². The minimum atomic E-state index is -0.598. The molecule has 0 aliphatic carbocycles. The van der Waals surface area contributed by atoms with Gasteiger partial charge in [0.1, 0.15) is 5.75 Å². The Morgan fingerprint density at radius 2 is 2.26 bits per heavy atom. The standard InChI is InChI=1S/C14H21N3O2/c1-9(2)17-7-6-16-8-12(17)10-4-3-5-11(13(10)18)14(15)19/h3-5,9,12,16,18H,6-8H2,1-2H3,(H2,15,19). The van der Waals surface area contributed by atoms with Gasteiger partial charge in [0.15, 0.2) is 0 Å². The van der Waals surface area contributed by atoms with Gasteiger partial charge in [0, 0.05) is 31.2 Å². The number of piperazine rings is 1. The predicted molar refractivity (Wildman–Crippen MR) is 74.1 cm³/mol. The molecule has 1 aliphatic rings. The largest absolute Gasteiger partial charge is 0.507 e. The third kappa shape index (κ3) is 2.72. The van der Waals surface area contributed by atoms with Gasteiger partial charge in [-0.2, -0.15) is 0 Å². The summed E-state index contributed by atoms with van der Waals surface area (Å²) >= 11 is 0. The highest BCUT2D eigenvalue weighted by Gasteiger charge is 2.28. The summed E-state index contributed by atoms with van der Waals surface area (Å²) in [4.78, 5) is 13.6. The lowest BCUT2D eigenvalue weighted by Crippen LogP contribution is -2.48. The van der Waals surface area contributed by atoms with E-state index in [-0.39, 0.29) is 17.4 Å². The number of aromatic hydroxyl groups is 1. The molecule has 1 aromatic rings. The first-order chi connectivity index (χ1) is 9.02. The van der Waals surface area contributed by atoms with Crippen molar-refractivity contribution in [3.8, 4) is 5.75 Å². The third-order valence-corrected chi connectivity index (χ3v) is 3.64. The lowest BCUT2D eigenvalue weighted by atomic mass is 9.98. The Hall–Kier alpha value is -1.59. The fourth-order valence-corrected chi connectivity index (χ4v) is 2.66. The van der Waals surface area contributed by atoms with Crippen molar-refractivity contribution < 1.29 is 9.90 Å². The van der Waals surface area contributed by atoms with E-state index in [4.69, 9.17) is 5.73 Å². The molecule has 1 amide bonds. The van der Waals surface area contributed by atoms with Crippen LogP contribution in [-0.4, -0.2) is 41.6 Å². The molecule has 1 aromatic carbocycles. The first-order valence-corrected chi connectivity index (χ1v) is 6.60. The van der Waals surface area contributed by atoms with E-state index in [0.29, 0.717) is 6.04 Å². The number of rotatable bonds is 3. The molecule has 5 heteroatoms. The average molecular weight is 263 g/mol. The summed E-state index contributed by atoms with van der Waals surface area (Å²) in [5, 5.41) is 13.6. The molecule has 4 N–H and O–H groups in total. The summed E-state index contributed by atoms with van der Waals surface area (Å²) in [7, 11) is 0. The number of nitrogens with one attached hydrogen (secondary N) is 1. The maximum atomic E-state index is 11.3. The van der Waals surface area contributed by atoms with Crippen LogP contribution in [0, 0.1) is 0 Å². The van der Waals surface area contributed by atoms with E-state index in [2.05, 4.69) is 24.1 Å². The van der Waals surface area contributed by atoms with Crippen molar-refractivity contribution in [3.63, 3.8) is 0 Å². The lowest BCUT2D eigenvalue weighted by molar-refractivity contribution is 0.0995. The number of nitrogens with zero attached hydrogens (tertiary/aromatic N) is 1. The van der Waals surface area contributed by atoms with E-state index in [1.165, 1.54) is 0 Å². The fraction of sp³-hybridized carbons (Fsp3) is 0.500. The Kier molecular flexibility index (Phi) is 4.07. The minimum Gasteiger partial charge on any atom is -0.507 e. The topological polar surface area (TPSA) is 78.6 Å². The minimum absolute atomic E-state index is 0.00866. The monoisotopic (exact) mass is 263 g/mol. The molecule has 0 radical (unpaired) electrons. The molecule has 1 aliphatic heterocycles. The van der Waals surface area contributed by atoms with E-state index in [0.717, 1.165) is 25.2 Å². The second kappa shape index (κ2) is 5.59. The normalized spacial score (nSPS) is 20.7. The summed E-state index contributed by atoms with van der Waals surface area (Å²) in [5.74, 6) is -0.589. The van der Waals surface area contributed by atoms with Crippen LogP contribution in [-0.2, 0) is 0 Å². The molecule has 104 valence electrons. The maximum absolute atomic E-state index is 11.3. The molecule has 5 nitrogen and oxygen atoms in total. The van der Waals surface area contributed by atoms with Crippen LogP contribution in [0.1, 0.15) is 35.8 Å². The van der Waals surface area contributed by atoms with Crippen LogP contribution in [0.4, 0.5) is 0 Å². The second-order valence-electron chi connectivity index (χ2n) is 5.16. The number of carbonyl (C=O) groups is 1. The molecule has 1 saturated heterocycles. The number of primary amides is 1. The maximum Gasteiger partial charge on any atom is 0.252 e. The molecule has 0 aromatic heterocycles. The highest BCUT2D eigenvalue weighted by molar-refractivity contribution is 5.95. The van der Waals surface area contributed by atoms with Gasteiger partial charge in [0.05, 0.1) is 11.6 Å². The van der Waals surface area contributed by atoms with E-state index in [1.54, 1.807) is 12.1 Å². The number of benzene rings is 1. The summed E-state index contributed by atoms with van der Waals surface area (Å²) in [5.41, 5.74) is 6.23. The van der Waals surface area contributed by atoms with Gasteiger partial charge in [-0.05, 0) is 19.9 Å². The van der Waals surface area contributed by atoms with Crippen molar-refractivity contribution in [2.45, 2.75) is 25.9 Å². The van der Waals surface area contributed by atoms with Crippen LogP contribution in [0.15, 0.2) is 18.2 Å². The van der Waals surface area contributed by atoms with Gasteiger partial charge in [0.25, 0.3) is 5.91 Å². The van der Waals surface area contributed by atoms with Crippen molar-refractivity contribution in [1.29, 1.82) is 0 Å². The molecule has 0 spiro atoms. The van der Waals surface area contributed by atoms with Crippen LogP contribution < -0.4 is 11.1 Å². The molecule has 0 bridgehead atoms. The SMILES string of the molecule is CC(C)N1CCNCC1c1cccc(C(N)=O)c1O. The van der Waals surface area contributed by atoms with Crippen molar-refractivity contribution >= 4 is 5.91 Å². The van der Waals surface area contributed by atoms with Gasteiger partial charge in [-0.25, -0.2) is 0 Å². The first kappa shape index (κ1) is 13.8. The van der Waals surface area contributed by atoms with Crippen LogP contribution in [0.25, 0.3) is 0 Å². The van der Waals surface area contributed by atoms with E-state index in [9.17, 15) is 9.90 Å². The van der Waals surface area contributed by atoms with Crippen molar-refractivity contribution in [1.82, 2.24) is 10.2 Å². The number of carbonyl (C=O) groups excluding carboxylic acids is 1. The van der Waals surface area contributed by atoms with E-state index < -0.39 is 5.91 Å². The Balaban J connectivity index is 2.39. The Morgan fingerprint density at radius 1 is 1.53 bits per heavy atom. The molecular formula is C14H21N3O2. The zero-order chi connectivity index (χ0) is 14.0. The van der Waals surface area contributed by atoms with Crippen molar-refractivity contribution in [2.75, 3.05) is 19.6 Å². The number of phenols is 1. The van der Waals surface area contributed by atoms with Gasteiger partial charge >= 0.3 is 0 Å². The number of hydrogen-bond donors (Lipinski definition) is 3. The third-order valence-electron chi connectivity index (χ3n) is 3.64. The smallest absolute Gasteiger partial charge is 0.252 e. The number of amides is 1. The Bertz CT molecular complexity index is 474. The van der Waals surface area contributed by atoms with Gasteiger partial charge in [-0.3, -0.25) is 9.69 Å².